The minimum atomic E-state index is 0.189. The molecule has 5 heteroatoms. The van der Waals surface area contributed by atoms with Gasteiger partial charge in [0.2, 0.25) is 0 Å². The molecule has 1 N–H and O–H groups in total. The number of aliphatic hydroxyl groups excluding tert-OH is 1. The van der Waals surface area contributed by atoms with Gasteiger partial charge in [-0.1, -0.05) is 5.21 Å². The van der Waals surface area contributed by atoms with Crippen molar-refractivity contribution in [2.45, 2.75) is 19.4 Å². The van der Waals surface area contributed by atoms with E-state index in [9.17, 15) is 0 Å². The first kappa shape index (κ1) is 9.92. The Labute approximate surface area is 87.3 Å². The van der Waals surface area contributed by atoms with Gasteiger partial charge < -0.3 is 9.52 Å². The van der Waals surface area contributed by atoms with Crippen LogP contribution in [-0.4, -0.2) is 26.7 Å². The highest BCUT2D eigenvalue weighted by Crippen LogP contribution is 2.04. The smallest absolute Gasteiger partial charge is 0.0953 e. The van der Waals surface area contributed by atoms with Gasteiger partial charge in [0.15, 0.2) is 0 Å². The lowest BCUT2D eigenvalue weighted by Crippen LogP contribution is -1.98. The van der Waals surface area contributed by atoms with Crippen LogP contribution in [0, 0.1) is 0 Å². The van der Waals surface area contributed by atoms with E-state index >= 15 is 0 Å². The van der Waals surface area contributed by atoms with Gasteiger partial charge in [-0.25, -0.2) is 4.68 Å². The summed E-state index contributed by atoms with van der Waals surface area (Å²) in [7, 11) is 0. The summed E-state index contributed by atoms with van der Waals surface area (Å²) in [5.74, 6) is 0. The van der Waals surface area contributed by atoms with Crippen LogP contribution >= 0.6 is 0 Å². The van der Waals surface area contributed by atoms with E-state index in [0.717, 1.165) is 24.1 Å². The molecule has 0 aromatic carbocycles. The van der Waals surface area contributed by atoms with Gasteiger partial charge in [-0.05, 0) is 18.9 Å². The number of nitrogens with zero attached hydrogens (tertiary/aromatic N) is 3. The molecule has 2 rings (SSSR count). The first-order valence-electron chi connectivity index (χ1n) is 4.89. The molecule has 5 nitrogen and oxygen atoms in total. The second-order valence-electron chi connectivity index (χ2n) is 3.37. The molecule has 80 valence electrons. The molecule has 0 aliphatic rings. The van der Waals surface area contributed by atoms with Crippen LogP contribution in [-0.2, 0) is 13.0 Å². The van der Waals surface area contributed by atoms with Gasteiger partial charge in [0.1, 0.15) is 0 Å². The molecule has 0 saturated carbocycles. The molecule has 2 heterocycles. The largest absolute Gasteiger partial charge is 0.472 e. The maximum absolute atomic E-state index is 8.67. The Morgan fingerprint density at radius 2 is 2.40 bits per heavy atom. The quantitative estimate of drug-likeness (QED) is 0.789. The van der Waals surface area contributed by atoms with Gasteiger partial charge in [0, 0.05) is 18.4 Å². The highest BCUT2D eigenvalue weighted by molar-refractivity contribution is 5.06. The van der Waals surface area contributed by atoms with E-state index in [0.29, 0.717) is 6.54 Å². The molecule has 0 fully saturated rings. The third kappa shape index (κ3) is 2.66. The topological polar surface area (TPSA) is 64.1 Å². The highest BCUT2D eigenvalue weighted by Gasteiger charge is 2.01. The number of hydrogen-bond acceptors (Lipinski definition) is 4. The zero-order valence-electron chi connectivity index (χ0n) is 8.33. The summed E-state index contributed by atoms with van der Waals surface area (Å²) >= 11 is 0. The minimum absolute atomic E-state index is 0.189. The average molecular weight is 207 g/mol. The number of aliphatic hydroxyl groups is 1. The lowest BCUT2D eigenvalue weighted by Gasteiger charge is -1.94. The van der Waals surface area contributed by atoms with E-state index in [1.165, 1.54) is 0 Å². The summed E-state index contributed by atoms with van der Waals surface area (Å²) in [6, 6.07) is 1.90. The molecule has 0 bridgehead atoms. The second kappa shape index (κ2) is 4.75. The molecule has 0 aliphatic carbocycles. The summed E-state index contributed by atoms with van der Waals surface area (Å²) < 4.78 is 6.73. The van der Waals surface area contributed by atoms with E-state index in [4.69, 9.17) is 9.52 Å². The van der Waals surface area contributed by atoms with Crippen LogP contribution in [0.4, 0.5) is 0 Å². The summed E-state index contributed by atoms with van der Waals surface area (Å²) in [4.78, 5) is 0. The molecule has 0 atom stereocenters. The fraction of sp³-hybridized carbons (Fsp3) is 0.400. The van der Waals surface area contributed by atoms with Gasteiger partial charge >= 0.3 is 0 Å². The lowest BCUT2D eigenvalue weighted by atomic mass is 10.2. The van der Waals surface area contributed by atoms with E-state index < -0.39 is 0 Å². The van der Waals surface area contributed by atoms with Crippen LogP contribution in [0.2, 0.25) is 0 Å². The minimum Gasteiger partial charge on any atom is -0.472 e. The second-order valence-corrected chi connectivity index (χ2v) is 3.37. The van der Waals surface area contributed by atoms with Crippen molar-refractivity contribution in [3.63, 3.8) is 0 Å². The molecular weight excluding hydrogens is 194 g/mol. The van der Waals surface area contributed by atoms with Crippen LogP contribution in [0.25, 0.3) is 0 Å². The first-order chi connectivity index (χ1) is 7.38. The predicted molar refractivity (Wildman–Crippen MR) is 53.2 cm³/mol. The van der Waals surface area contributed by atoms with Crippen molar-refractivity contribution in [2.24, 2.45) is 0 Å². The van der Waals surface area contributed by atoms with Crippen LogP contribution < -0.4 is 0 Å². The maximum Gasteiger partial charge on any atom is 0.0953 e. The zero-order valence-corrected chi connectivity index (χ0v) is 8.33. The SMILES string of the molecule is OCCCc1cn(Cc2ccoc2)nn1. The third-order valence-electron chi connectivity index (χ3n) is 2.10. The van der Waals surface area contributed by atoms with Gasteiger partial charge in [-0.3, -0.25) is 0 Å². The van der Waals surface area contributed by atoms with E-state index in [1.54, 1.807) is 17.2 Å². The van der Waals surface area contributed by atoms with Crippen molar-refractivity contribution in [3.05, 3.63) is 36.0 Å². The van der Waals surface area contributed by atoms with Crippen LogP contribution in [0.3, 0.4) is 0 Å². The zero-order chi connectivity index (χ0) is 10.5. The number of hydrogen-bond donors (Lipinski definition) is 1. The van der Waals surface area contributed by atoms with Gasteiger partial charge in [-0.15, -0.1) is 5.10 Å². The van der Waals surface area contributed by atoms with Crippen molar-refractivity contribution < 1.29 is 9.52 Å². The van der Waals surface area contributed by atoms with Crippen molar-refractivity contribution >= 4 is 0 Å². The number of aryl methyl sites for hydroxylation is 1. The normalized spacial score (nSPS) is 10.7. The summed E-state index contributed by atoms with van der Waals surface area (Å²) in [5.41, 5.74) is 1.97. The molecule has 0 amide bonds. The molecule has 0 unspecified atom stereocenters. The molecular formula is C10H13N3O2. The third-order valence-corrected chi connectivity index (χ3v) is 2.10. The van der Waals surface area contributed by atoms with Crippen LogP contribution in [0.15, 0.2) is 29.2 Å². The summed E-state index contributed by atoms with van der Waals surface area (Å²) in [5, 5.41) is 16.7. The summed E-state index contributed by atoms with van der Waals surface area (Å²) in [6.07, 6.45) is 6.71. The van der Waals surface area contributed by atoms with Gasteiger partial charge in [0.05, 0.1) is 24.8 Å². The molecule has 0 saturated heterocycles. The first-order valence-corrected chi connectivity index (χ1v) is 4.89. The average Bonchev–Trinajstić information content (AvgIpc) is 2.87. The molecule has 2 aromatic rings. The Kier molecular flexibility index (Phi) is 3.14. The Morgan fingerprint density at radius 1 is 1.47 bits per heavy atom. The van der Waals surface area contributed by atoms with E-state index in [-0.39, 0.29) is 6.61 Å². The Bertz CT molecular complexity index is 394. The molecule has 0 spiro atoms. The van der Waals surface area contributed by atoms with Crippen molar-refractivity contribution in [2.75, 3.05) is 6.61 Å². The molecule has 15 heavy (non-hydrogen) atoms. The van der Waals surface area contributed by atoms with E-state index in [1.807, 2.05) is 12.3 Å². The molecule has 0 aliphatic heterocycles. The maximum atomic E-state index is 8.67. The Morgan fingerprint density at radius 3 is 3.13 bits per heavy atom. The number of rotatable bonds is 5. The number of furan rings is 1. The van der Waals surface area contributed by atoms with Gasteiger partial charge in [-0.2, -0.15) is 0 Å². The monoisotopic (exact) mass is 207 g/mol. The summed E-state index contributed by atoms with van der Waals surface area (Å²) in [6.45, 7) is 0.858. The predicted octanol–water partition coefficient (Wildman–Crippen LogP) is 0.844. The lowest BCUT2D eigenvalue weighted by molar-refractivity contribution is 0.288. The molecule has 2 aromatic heterocycles. The van der Waals surface area contributed by atoms with Crippen LogP contribution in [0.5, 0.6) is 0 Å². The fourth-order valence-corrected chi connectivity index (χ4v) is 1.36. The van der Waals surface area contributed by atoms with Crippen molar-refractivity contribution in [1.29, 1.82) is 0 Å². The fourth-order valence-electron chi connectivity index (χ4n) is 1.36. The van der Waals surface area contributed by atoms with E-state index in [2.05, 4.69) is 10.3 Å². The van der Waals surface area contributed by atoms with Crippen molar-refractivity contribution in [1.82, 2.24) is 15.0 Å². The van der Waals surface area contributed by atoms with Crippen molar-refractivity contribution in [3.8, 4) is 0 Å². The van der Waals surface area contributed by atoms with Gasteiger partial charge in [0.25, 0.3) is 0 Å². The standard InChI is InChI=1S/C10H13N3O2/c14-4-1-2-10-7-13(12-11-10)6-9-3-5-15-8-9/h3,5,7-8,14H,1-2,4,6H2. The highest BCUT2D eigenvalue weighted by atomic mass is 16.3. The Hall–Kier alpha value is -1.62. The molecule has 0 radical (unpaired) electrons. The number of aromatic nitrogens is 3. The Balaban J connectivity index is 1.95. The van der Waals surface area contributed by atoms with Crippen LogP contribution in [0.1, 0.15) is 17.7 Å².